The lowest BCUT2D eigenvalue weighted by molar-refractivity contribution is 0.323. The van der Waals surface area contributed by atoms with Crippen LogP contribution in [-0.2, 0) is 0 Å². The first-order valence-corrected chi connectivity index (χ1v) is 9.05. The summed E-state index contributed by atoms with van der Waals surface area (Å²) in [6, 6.07) is 19.5. The van der Waals surface area contributed by atoms with Crippen LogP contribution in [0.5, 0.6) is 0 Å². The number of anilines is 1. The summed E-state index contributed by atoms with van der Waals surface area (Å²) in [6.45, 7) is 0. The van der Waals surface area contributed by atoms with Crippen LogP contribution in [0.4, 0.5) is 6.01 Å². The van der Waals surface area contributed by atoms with Crippen LogP contribution in [0.15, 0.2) is 59.0 Å². The highest BCUT2D eigenvalue weighted by atomic mass is 16.4. The molecule has 1 heterocycles. The van der Waals surface area contributed by atoms with Gasteiger partial charge in [-0.1, -0.05) is 74.6 Å². The van der Waals surface area contributed by atoms with E-state index < -0.39 is 0 Å². The number of fused-ring (bicyclic) bond motifs is 1. The lowest BCUT2D eigenvalue weighted by Gasteiger charge is -2.27. The fourth-order valence-electron chi connectivity index (χ4n) is 3.80. The van der Waals surface area contributed by atoms with Gasteiger partial charge in [0.05, 0.1) is 6.04 Å². The Balaban J connectivity index is 1.57. The molecule has 1 aliphatic carbocycles. The van der Waals surface area contributed by atoms with E-state index in [-0.39, 0.29) is 6.04 Å². The molecule has 1 aliphatic rings. The van der Waals surface area contributed by atoms with Crippen molar-refractivity contribution >= 4 is 17.1 Å². The maximum Gasteiger partial charge on any atom is 0.296 e. The molecule has 0 radical (unpaired) electrons. The second kappa shape index (κ2) is 7.08. The van der Waals surface area contributed by atoms with Crippen molar-refractivity contribution in [2.45, 2.75) is 44.6 Å². The van der Waals surface area contributed by atoms with Gasteiger partial charge in [0.15, 0.2) is 5.58 Å². The van der Waals surface area contributed by atoms with Gasteiger partial charge in [0.25, 0.3) is 6.01 Å². The third-order valence-electron chi connectivity index (χ3n) is 5.09. The van der Waals surface area contributed by atoms with Crippen molar-refractivity contribution < 1.29 is 4.42 Å². The van der Waals surface area contributed by atoms with Gasteiger partial charge < -0.3 is 9.73 Å². The van der Waals surface area contributed by atoms with Gasteiger partial charge in [0.2, 0.25) is 0 Å². The summed E-state index contributed by atoms with van der Waals surface area (Å²) in [5.74, 6) is 0.792. The highest BCUT2D eigenvalue weighted by molar-refractivity contribution is 5.74. The maximum atomic E-state index is 5.89. The molecule has 124 valence electrons. The Bertz CT molecular complexity index is 742. The number of hydrogen-bond donors (Lipinski definition) is 1. The van der Waals surface area contributed by atoms with E-state index >= 15 is 0 Å². The number of hydrogen-bond acceptors (Lipinski definition) is 3. The molecule has 0 saturated heterocycles. The Kier molecular flexibility index (Phi) is 4.50. The largest absolute Gasteiger partial charge is 0.424 e. The molecule has 0 spiro atoms. The minimum absolute atomic E-state index is 0.252. The third-order valence-corrected chi connectivity index (χ3v) is 5.09. The smallest absolute Gasteiger partial charge is 0.296 e. The van der Waals surface area contributed by atoms with Crippen molar-refractivity contribution in [2.24, 2.45) is 5.92 Å². The molecule has 3 heteroatoms. The molecule has 0 unspecified atom stereocenters. The Morgan fingerprint density at radius 2 is 1.71 bits per heavy atom. The van der Waals surface area contributed by atoms with Crippen LogP contribution in [-0.4, -0.2) is 4.98 Å². The molecule has 4 rings (SSSR count). The zero-order valence-electron chi connectivity index (χ0n) is 13.9. The molecular weight excluding hydrogens is 296 g/mol. The van der Waals surface area contributed by atoms with Gasteiger partial charge in [-0.2, -0.15) is 4.98 Å². The first-order chi connectivity index (χ1) is 11.9. The zero-order valence-corrected chi connectivity index (χ0v) is 13.9. The van der Waals surface area contributed by atoms with Crippen LogP contribution in [0.25, 0.3) is 11.1 Å². The average Bonchev–Trinajstić information content (AvgIpc) is 3.05. The second-order valence-electron chi connectivity index (χ2n) is 6.83. The van der Waals surface area contributed by atoms with E-state index in [0.29, 0.717) is 6.01 Å². The van der Waals surface area contributed by atoms with Gasteiger partial charge in [-0.3, -0.25) is 0 Å². The van der Waals surface area contributed by atoms with Gasteiger partial charge >= 0.3 is 0 Å². The van der Waals surface area contributed by atoms with Gasteiger partial charge in [0, 0.05) is 0 Å². The average molecular weight is 320 g/mol. The summed E-state index contributed by atoms with van der Waals surface area (Å²) in [5.41, 5.74) is 3.05. The Hall–Kier alpha value is -2.29. The number of nitrogens with one attached hydrogen (secondary N) is 1. The van der Waals surface area contributed by atoms with Gasteiger partial charge in [0.1, 0.15) is 5.52 Å². The predicted molar refractivity (Wildman–Crippen MR) is 98.0 cm³/mol. The van der Waals surface area contributed by atoms with E-state index in [1.54, 1.807) is 0 Å². The lowest BCUT2D eigenvalue weighted by atomic mass is 9.83. The van der Waals surface area contributed by atoms with Crippen molar-refractivity contribution in [1.29, 1.82) is 0 Å². The van der Waals surface area contributed by atoms with E-state index in [4.69, 9.17) is 4.42 Å². The Morgan fingerprint density at radius 3 is 2.50 bits per heavy atom. The lowest BCUT2D eigenvalue weighted by Crippen LogP contribution is -2.17. The molecule has 3 nitrogen and oxygen atoms in total. The molecule has 0 aliphatic heterocycles. The SMILES string of the molecule is c1ccc([C@@H](CC2CCCCC2)Nc2nc3ccccc3o2)cc1. The van der Waals surface area contributed by atoms with Gasteiger partial charge in [-0.25, -0.2) is 0 Å². The topological polar surface area (TPSA) is 38.1 Å². The highest BCUT2D eigenvalue weighted by Gasteiger charge is 2.21. The summed E-state index contributed by atoms with van der Waals surface area (Å²) >= 11 is 0. The van der Waals surface area contributed by atoms with E-state index in [9.17, 15) is 0 Å². The van der Waals surface area contributed by atoms with E-state index in [1.165, 1.54) is 37.7 Å². The molecule has 3 aromatic rings. The highest BCUT2D eigenvalue weighted by Crippen LogP contribution is 2.34. The molecule has 1 atom stereocenters. The number of benzene rings is 2. The molecule has 2 aromatic carbocycles. The van der Waals surface area contributed by atoms with E-state index in [0.717, 1.165) is 23.4 Å². The zero-order chi connectivity index (χ0) is 16.2. The third kappa shape index (κ3) is 3.45. The fraction of sp³-hybridized carbons (Fsp3) is 0.381. The number of nitrogens with zero attached hydrogens (tertiary/aromatic N) is 1. The minimum Gasteiger partial charge on any atom is -0.424 e. The van der Waals surface area contributed by atoms with Crippen LogP contribution in [0, 0.1) is 5.92 Å². The summed E-state index contributed by atoms with van der Waals surface area (Å²) in [7, 11) is 0. The van der Waals surface area contributed by atoms with Crippen molar-refractivity contribution in [3.63, 3.8) is 0 Å². The summed E-state index contributed by atoms with van der Waals surface area (Å²) in [5, 5.41) is 3.55. The first kappa shape index (κ1) is 15.3. The van der Waals surface area contributed by atoms with Crippen LogP contribution >= 0.6 is 0 Å². The van der Waals surface area contributed by atoms with Crippen molar-refractivity contribution in [2.75, 3.05) is 5.32 Å². The van der Waals surface area contributed by atoms with Crippen molar-refractivity contribution in [3.8, 4) is 0 Å². The second-order valence-corrected chi connectivity index (χ2v) is 6.83. The number of para-hydroxylation sites is 2. The number of aromatic nitrogens is 1. The molecular formula is C21H24N2O. The molecule has 0 bridgehead atoms. The van der Waals surface area contributed by atoms with Crippen LogP contribution in [0.2, 0.25) is 0 Å². The number of rotatable bonds is 5. The Labute approximate surface area is 143 Å². The van der Waals surface area contributed by atoms with Crippen molar-refractivity contribution in [3.05, 3.63) is 60.2 Å². The van der Waals surface area contributed by atoms with Crippen LogP contribution < -0.4 is 5.32 Å². The quantitative estimate of drug-likeness (QED) is 0.631. The van der Waals surface area contributed by atoms with Crippen LogP contribution in [0.1, 0.15) is 50.1 Å². The standard InChI is InChI=1S/C21H24N2O/c1-3-9-16(10-4-1)15-19(17-11-5-2-6-12-17)23-21-22-18-13-7-8-14-20(18)24-21/h2,5-8,11-14,16,19H,1,3-4,9-10,15H2,(H,22,23)/t19-/m1/s1. The molecule has 0 amide bonds. The molecule has 1 N–H and O–H groups in total. The van der Waals surface area contributed by atoms with Gasteiger partial charge in [-0.15, -0.1) is 0 Å². The normalized spacial score (nSPS) is 17.0. The molecule has 24 heavy (non-hydrogen) atoms. The molecule has 1 saturated carbocycles. The fourth-order valence-corrected chi connectivity index (χ4v) is 3.80. The Morgan fingerprint density at radius 1 is 0.958 bits per heavy atom. The minimum atomic E-state index is 0.252. The predicted octanol–water partition coefficient (Wildman–Crippen LogP) is 5.95. The van der Waals surface area contributed by atoms with Gasteiger partial charge in [-0.05, 0) is 30.0 Å². The van der Waals surface area contributed by atoms with E-state index in [2.05, 4.69) is 40.6 Å². The van der Waals surface area contributed by atoms with E-state index in [1.807, 2.05) is 24.3 Å². The summed E-state index contributed by atoms with van der Waals surface area (Å²) in [6.07, 6.45) is 7.97. The van der Waals surface area contributed by atoms with Crippen LogP contribution in [0.3, 0.4) is 0 Å². The number of oxazole rings is 1. The maximum absolute atomic E-state index is 5.89. The molecule has 1 aromatic heterocycles. The first-order valence-electron chi connectivity index (χ1n) is 9.05. The summed E-state index contributed by atoms with van der Waals surface area (Å²) < 4.78 is 5.89. The monoisotopic (exact) mass is 320 g/mol. The summed E-state index contributed by atoms with van der Waals surface area (Å²) in [4.78, 5) is 4.59. The van der Waals surface area contributed by atoms with Crippen molar-refractivity contribution in [1.82, 2.24) is 4.98 Å². The molecule has 1 fully saturated rings.